The predicted octanol–water partition coefficient (Wildman–Crippen LogP) is 12.6. The fourth-order valence-corrected chi connectivity index (χ4v) is 8.81. The molecule has 0 aliphatic rings. The lowest BCUT2D eigenvalue weighted by Crippen LogP contribution is -2.30. The Kier molecular flexibility index (Phi) is 43.3. The van der Waals surface area contributed by atoms with Crippen LogP contribution < -0.4 is 0 Å². The van der Waals surface area contributed by atoms with E-state index in [4.69, 9.17) is 37.0 Å². The van der Waals surface area contributed by atoms with Crippen molar-refractivity contribution in [3.63, 3.8) is 0 Å². The molecule has 0 aliphatic carbocycles. The monoisotopic (exact) mass is 1040 g/mol. The van der Waals surface area contributed by atoms with E-state index in [0.717, 1.165) is 109 Å². The van der Waals surface area contributed by atoms with Crippen LogP contribution in [-0.2, 0) is 65.4 Å². The van der Waals surface area contributed by atoms with Crippen LogP contribution in [0, 0.1) is 11.8 Å². The molecule has 70 heavy (non-hydrogen) atoms. The summed E-state index contributed by atoms with van der Waals surface area (Å²) >= 11 is 0. The molecular weight excluding hydrogens is 946 g/mol. The van der Waals surface area contributed by atoms with Gasteiger partial charge in [-0.05, 0) is 37.5 Å². The summed E-state index contributed by atoms with van der Waals surface area (Å²) in [5, 5.41) is 10.4. The first kappa shape index (κ1) is 68.1. The number of hydrogen-bond acceptors (Lipinski definition) is 15. The summed E-state index contributed by atoms with van der Waals surface area (Å²) in [4.78, 5) is 71.0. The number of aliphatic hydroxyl groups is 1. The van der Waals surface area contributed by atoms with E-state index in [1.54, 1.807) is 0 Å². The number of phosphoric ester groups is 2. The van der Waals surface area contributed by atoms with Gasteiger partial charge in [0.2, 0.25) is 0 Å². The Hall–Kier alpha value is -1.94. The molecule has 0 aromatic heterocycles. The molecule has 2 unspecified atom stereocenters. The van der Waals surface area contributed by atoms with Crippen LogP contribution in [0.4, 0.5) is 0 Å². The summed E-state index contributed by atoms with van der Waals surface area (Å²) in [6, 6.07) is 0. The lowest BCUT2D eigenvalue weighted by atomic mass is 10.0. The smallest absolute Gasteiger partial charge is 0.462 e. The van der Waals surface area contributed by atoms with Crippen LogP contribution in [-0.4, -0.2) is 96.7 Å². The van der Waals surface area contributed by atoms with Crippen LogP contribution in [0.3, 0.4) is 0 Å². The second-order valence-electron chi connectivity index (χ2n) is 19.5. The van der Waals surface area contributed by atoms with Crippen molar-refractivity contribution in [2.75, 3.05) is 39.6 Å². The van der Waals surface area contributed by atoms with E-state index >= 15 is 0 Å². The lowest BCUT2D eigenvalue weighted by Gasteiger charge is -2.21. The van der Waals surface area contributed by atoms with Crippen LogP contribution in [0.5, 0.6) is 0 Å². The largest absolute Gasteiger partial charge is 0.472 e. The summed E-state index contributed by atoms with van der Waals surface area (Å²) < 4.78 is 67.0. The summed E-state index contributed by atoms with van der Waals surface area (Å²) in [5.41, 5.74) is 0. The average Bonchev–Trinajstić information content (AvgIpc) is 3.30. The van der Waals surface area contributed by atoms with Gasteiger partial charge in [-0.25, -0.2) is 9.13 Å². The van der Waals surface area contributed by atoms with E-state index < -0.39 is 97.5 Å². The molecule has 0 saturated heterocycles. The zero-order chi connectivity index (χ0) is 52.3. The van der Waals surface area contributed by atoms with Crippen molar-refractivity contribution >= 4 is 39.5 Å². The summed E-state index contributed by atoms with van der Waals surface area (Å²) in [6.45, 7) is 9.07. The topological polar surface area (TPSA) is 237 Å². The molecule has 0 bridgehead atoms. The zero-order valence-electron chi connectivity index (χ0n) is 44.3. The van der Waals surface area contributed by atoms with Crippen LogP contribution in [0.1, 0.15) is 234 Å². The van der Waals surface area contributed by atoms with Crippen LogP contribution in [0.25, 0.3) is 0 Å². The third-order valence-corrected chi connectivity index (χ3v) is 13.4. The third kappa shape index (κ3) is 45.9. The molecule has 0 rings (SSSR count). The highest BCUT2D eigenvalue weighted by Gasteiger charge is 2.30. The Balaban J connectivity index is 5.16. The molecule has 19 heteroatoms. The van der Waals surface area contributed by atoms with Gasteiger partial charge >= 0.3 is 39.5 Å². The van der Waals surface area contributed by atoms with Crippen molar-refractivity contribution in [1.82, 2.24) is 0 Å². The molecule has 0 amide bonds. The molecule has 5 atom stereocenters. The minimum Gasteiger partial charge on any atom is -0.462 e. The molecule has 0 saturated carbocycles. The fourth-order valence-electron chi connectivity index (χ4n) is 7.23. The molecule has 0 aromatic carbocycles. The average molecular weight is 1050 g/mol. The highest BCUT2D eigenvalue weighted by atomic mass is 31.2. The van der Waals surface area contributed by atoms with E-state index in [0.29, 0.717) is 31.6 Å². The van der Waals surface area contributed by atoms with Gasteiger partial charge in [0.1, 0.15) is 19.3 Å². The minimum atomic E-state index is -4.93. The quantitative estimate of drug-likeness (QED) is 0.0222. The molecule has 0 aromatic rings. The van der Waals surface area contributed by atoms with Crippen molar-refractivity contribution in [3.8, 4) is 0 Å². The van der Waals surface area contributed by atoms with Gasteiger partial charge in [0.25, 0.3) is 0 Å². The molecule has 3 N–H and O–H groups in total. The number of carbonyl (C=O) groups is 4. The van der Waals surface area contributed by atoms with Crippen molar-refractivity contribution in [2.45, 2.75) is 252 Å². The number of rotatable bonds is 50. The molecule has 0 radical (unpaired) electrons. The Morgan fingerprint density at radius 1 is 0.386 bits per heavy atom. The predicted molar refractivity (Wildman–Crippen MR) is 271 cm³/mol. The second-order valence-corrected chi connectivity index (χ2v) is 22.4. The lowest BCUT2D eigenvalue weighted by molar-refractivity contribution is -0.161. The van der Waals surface area contributed by atoms with Crippen LogP contribution in [0.15, 0.2) is 0 Å². The Morgan fingerprint density at radius 2 is 0.657 bits per heavy atom. The number of aliphatic hydroxyl groups excluding tert-OH is 1. The Labute approximate surface area is 422 Å². The maximum atomic E-state index is 12.8. The first-order chi connectivity index (χ1) is 33.4. The van der Waals surface area contributed by atoms with Gasteiger partial charge in [0.15, 0.2) is 12.2 Å². The van der Waals surface area contributed by atoms with Gasteiger partial charge < -0.3 is 33.8 Å². The maximum absolute atomic E-state index is 12.8. The summed E-state index contributed by atoms with van der Waals surface area (Å²) in [7, 11) is -9.84. The summed E-state index contributed by atoms with van der Waals surface area (Å²) in [6.07, 6.45) is 22.1. The molecule has 0 heterocycles. The van der Waals surface area contributed by atoms with Gasteiger partial charge in [-0.2, -0.15) is 0 Å². The number of phosphoric acid groups is 2. The van der Waals surface area contributed by atoms with Crippen molar-refractivity contribution in [1.29, 1.82) is 0 Å². The molecular formula is C51H98O17P2. The van der Waals surface area contributed by atoms with Gasteiger partial charge in [-0.3, -0.25) is 37.3 Å². The van der Waals surface area contributed by atoms with Crippen molar-refractivity contribution in [2.24, 2.45) is 11.8 Å². The normalized spacial score (nSPS) is 14.7. The third-order valence-electron chi connectivity index (χ3n) is 11.5. The first-order valence-electron chi connectivity index (χ1n) is 27.0. The van der Waals surface area contributed by atoms with Gasteiger partial charge in [-0.1, -0.05) is 183 Å². The van der Waals surface area contributed by atoms with Crippen molar-refractivity contribution in [3.05, 3.63) is 0 Å². The fraction of sp³-hybridized carbons (Fsp3) is 0.922. The molecule has 0 fully saturated rings. The number of ether oxygens (including phenoxy) is 4. The SMILES string of the molecule is CCCCCCCC(=O)OC[C@H](COP(=O)(O)OC[C@H](O)COP(=O)(O)OC[C@@H](COC(=O)CCCCCCCCC(C)C)OC(=O)CCCCCCCCCCC(C)C)OC(=O)CCCCCCC. The van der Waals surface area contributed by atoms with Gasteiger partial charge in [0.05, 0.1) is 26.4 Å². The molecule has 0 aliphatic heterocycles. The number of esters is 4. The number of carbonyl (C=O) groups excluding carboxylic acids is 4. The minimum absolute atomic E-state index is 0.0981. The molecule has 0 spiro atoms. The van der Waals surface area contributed by atoms with E-state index in [-0.39, 0.29) is 25.7 Å². The van der Waals surface area contributed by atoms with Crippen LogP contribution >= 0.6 is 15.6 Å². The molecule has 414 valence electrons. The Morgan fingerprint density at radius 3 is 0.971 bits per heavy atom. The first-order valence-corrected chi connectivity index (χ1v) is 30.0. The van der Waals surface area contributed by atoms with Gasteiger partial charge in [-0.15, -0.1) is 0 Å². The number of unbranched alkanes of at least 4 members (excludes halogenated alkanes) is 20. The van der Waals surface area contributed by atoms with Gasteiger partial charge in [0, 0.05) is 25.7 Å². The van der Waals surface area contributed by atoms with E-state index in [1.807, 2.05) is 0 Å². The highest BCUT2D eigenvalue weighted by molar-refractivity contribution is 7.47. The number of hydrogen-bond donors (Lipinski definition) is 3. The summed E-state index contributed by atoms with van der Waals surface area (Å²) in [5.74, 6) is -0.781. The van der Waals surface area contributed by atoms with Crippen molar-refractivity contribution < 1.29 is 80.2 Å². The van der Waals surface area contributed by atoms with E-state index in [2.05, 4.69) is 41.5 Å². The van der Waals surface area contributed by atoms with E-state index in [1.165, 1.54) is 38.5 Å². The molecule has 17 nitrogen and oxygen atoms in total. The second kappa shape index (κ2) is 44.5. The highest BCUT2D eigenvalue weighted by Crippen LogP contribution is 2.45. The van der Waals surface area contributed by atoms with Crippen LogP contribution in [0.2, 0.25) is 0 Å². The Bertz CT molecular complexity index is 1410. The zero-order valence-corrected chi connectivity index (χ0v) is 46.1. The van der Waals surface area contributed by atoms with E-state index in [9.17, 15) is 43.2 Å². The maximum Gasteiger partial charge on any atom is 0.472 e. The standard InChI is InChI=1S/C51H98O17P2/c1-7-9-11-19-27-33-48(53)61-39-46(67-50(55)35-29-20-12-10-8-2)41-65-69(57,58)63-37-45(52)38-64-70(59,60)66-42-47(40-62-49(54)34-28-23-18-17-22-26-32-44(5)6)68-51(56)36-30-24-16-14-13-15-21-25-31-43(3)4/h43-47,52H,7-42H2,1-6H3,(H,57,58)(H,59,60)/t45-,46+,47+/m0/s1.